The maximum atomic E-state index is 11.3. The SMILES string of the molecule is CSCC(C)N(C)C(=O)CCBr. The van der Waals surface area contributed by atoms with Gasteiger partial charge in [0.2, 0.25) is 5.91 Å². The zero-order chi connectivity index (χ0) is 9.56. The number of amides is 1. The summed E-state index contributed by atoms with van der Waals surface area (Å²) in [6.45, 7) is 2.07. The number of halogens is 1. The number of hydrogen-bond donors (Lipinski definition) is 0. The molecule has 2 nitrogen and oxygen atoms in total. The van der Waals surface area contributed by atoms with E-state index in [-0.39, 0.29) is 5.91 Å². The van der Waals surface area contributed by atoms with Crippen LogP contribution in [0, 0.1) is 0 Å². The van der Waals surface area contributed by atoms with Gasteiger partial charge < -0.3 is 4.90 Å². The van der Waals surface area contributed by atoms with Gasteiger partial charge in [-0.1, -0.05) is 15.9 Å². The quantitative estimate of drug-likeness (QED) is 0.699. The Hall–Kier alpha value is 0.300. The van der Waals surface area contributed by atoms with Crippen LogP contribution in [0.25, 0.3) is 0 Å². The highest BCUT2D eigenvalue weighted by Crippen LogP contribution is 2.05. The van der Waals surface area contributed by atoms with Crippen LogP contribution in [-0.4, -0.2) is 41.2 Å². The lowest BCUT2D eigenvalue weighted by Crippen LogP contribution is -2.36. The Morgan fingerprint density at radius 2 is 2.25 bits per heavy atom. The van der Waals surface area contributed by atoms with Crippen LogP contribution < -0.4 is 0 Å². The van der Waals surface area contributed by atoms with E-state index >= 15 is 0 Å². The van der Waals surface area contributed by atoms with Crippen molar-refractivity contribution < 1.29 is 4.79 Å². The molecule has 0 rings (SSSR count). The molecule has 72 valence electrons. The summed E-state index contributed by atoms with van der Waals surface area (Å²) in [7, 11) is 1.87. The standard InChI is InChI=1S/C8H16BrNOS/c1-7(6-12-3)10(2)8(11)4-5-9/h7H,4-6H2,1-3H3. The second-order valence-electron chi connectivity index (χ2n) is 2.75. The second kappa shape index (κ2) is 6.78. The van der Waals surface area contributed by atoms with Crippen molar-refractivity contribution in [2.75, 3.05) is 24.4 Å². The van der Waals surface area contributed by atoms with E-state index in [9.17, 15) is 4.79 Å². The van der Waals surface area contributed by atoms with E-state index in [4.69, 9.17) is 0 Å². The fourth-order valence-corrected chi connectivity index (χ4v) is 1.90. The summed E-state index contributed by atoms with van der Waals surface area (Å²) >= 11 is 5.02. The highest BCUT2D eigenvalue weighted by atomic mass is 79.9. The molecule has 12 heavy (non-hydrogen) atoms. The van der Waals surface area contributed by atoms with E-state index in [0.717, 1.165) is 11.1 Å². The van der Waals surface area contributed by atoms with Gasteiger partial charge in [0.1, 0.15) is 0 Å². The van der Waals surface area contributed by atoms with E-state index in [2.05, 4.69) is 29.1 Å². The molecular weight excluding hydrogens is 238 g/mol. The summed E-state index contributed by atoms with van der Waals surface area (Å²) in [5.41, 5.74) is 0. The van der Waals surface area contributed by atoms with Crippen LogP contribution >= 0.6 is 27.7 Å². The largest absolute Gasteiger partial charge is 0.342 e. The number of alkyl halides is 1. The first-order valence-corrected chi connectivity index (χ1v) is 6.45. The summed E-state index contributed by atoms with van der Waals surface area (Å²) < 4.78 is 0. The Morgan fingerprint density at radius 1 is 1.67 bits per heavy atom. The van der Waals surface area contributed by atoms with Crippen molar-refractivity contribution in [1.29, 1.82) is 0 Å². The molecule has 0 aliphatic carbocycles. The molecule has 1 unspecified atom stereocenters. The third-order valence-electron chi connectivity index (χ3n) is 1.77. The molecule has 0 heterocycles. The molecule has 0 aromatic carbocycles. The third-order valence-corrected chi connectivity index (χ3v) is 2.98. The van der Waals surface area contributed by atoms with Crippen molar-refractivity contribution in [1.82, 2.24) is 4.90 Å². The number of rotatable bonds is 5. The third kappa shape index (κ3) is 4.36. The number of carbonyl (C=O) groups excluding carboxylic acids is 1. The molecule has 0 aliphatic rings. The lowest BCUT2D eigenvalue weighted by Gasteiger charge is -2.23. The van der Waals surface area contributed by atoms with Crippen molar-refractivity contribution >= 4 is 33.6 Å². The Labute approximate surface area is 87.2 Å². The minimum absolute atomic E-state index is 0.216. The number of nitrogens with zero attached hydrogens (tertiary/aromatic N) is 1. The summed E-state index contributed by atoms with van der Waals surface area (Å²) in [5.74, 6) is 1.22. The van der Waals surface area contributed by atoms with Gasteiger partial charge in [-0.3, -0.25) is 4.79 Å². The predicted octanol–water partition coefficient (Wildman–Crippen LogP) is 1.98. The molecular formula is C8H16BrNOS. The zero-order valence-corrected chi connectivity index (χ0v) is 10.2. The Kier molecular flexibility index (Phi) is 6.95. The zero-order valence-electron chi connectivity index (χ0n) is 7.84. The lowest BCUT2D eigenvalue weighted by molar-refractivity contribution is -0.130. The van der Waals surface area contributed by atoms with Crippen LogP contribution in [0.3, 0.4) is 0 Å². The van der Waals surface area contributed by atoms with Gasteiger partial charge >= 0.3 is 0 Å². The highest BCUT2D eigenvalue weighted by molar-refractivity contribution is 9.09. The summed E-state index contributed by atoms with van der Waals surface area (Å²) in [5, 5.41) is 0.752. The molecule has 0 bridgehead atoms. The molecule has 0 aromatic heterocycles. The molecule has 0 aromatic rings. The van der Waals surface area contributed by atoms with Gasteiger partial charge in [0, 0.05) is 30.6 Å². The molecule has 1 atom stereocenters. The normalized spacial score (nSPS) is 12.7. The molecule has 0 saturated heterocycles. The average Bonchev–Trinajstić information content (AvgIpc) is 2.04. The van der Waals surface area contributed by atoms with Gasteiger partial charge in [-0.25, -0.2) is 0 Å². The van der Waals surface area contributed by atoms with E-state index in [1.54, 1.807) is 11.8 Å². The molecule has 0 aliphatic heterocycles. The van der Waals surface area contributed by atoms with E-state index in [1.165, 1.54) is 0 Å². The minimum Gasteiger partial charge on any atom is -0.342 e. The summed E-state index contributed by atoms with van der Waals surface area (Å²) in [6, 6.07) is 0.339. The van der Waals surface area contributed by atoms with Crippen LogP contribution in [0.1, 0.15) is 13.3 Å². The topological polar surface area (TPSA) is 20.3 Å². The van der Waals surface area contributed by atoms with Crippen LogP contribution in [0.2, 0.25) is 0 Å². The van der Waals surface area contributed by atoms with Crippen molar-refractivity contribution in [3.05, 3.63) is 0 Å². The maximum Gasteiger partial charge on any atom is 0.223 e. The van der Waals surface area contributed by atoms with Gasteiger partial charge in [-0.05, 0) is 13.2 Å². The maximum absolute atomic E-state index is 11.3. The number of thioether (sulfide) groups is 1. The molecule has 4 heteroatoms. The summed E-state index contributed by atoms with van der Waals surface area (Å²) in [4.78, 5) is 13.2. The minimum atomic E-state index is 0.216. The fourth-order valence-electron chi connectivity index (χ4n) is 0.856. The van der Waals surface area contributed by atoms with E-state index in [1.807, 2.05) is 11.9 Å². The molecule has 0 N–H and O–H groups in total. The van der Waals surface area contributed by atoms with Gasteiger partial charge in [0.25, 0.3) is 0 Å². The van der Waals surface area contributed by atoms with Crippen LogP contribution in [0.4, 0.5) is 0 Å². The van der Waals surface area contributed by atoms with Crippen LogP contribution in [0.15, 0.2) is 0 Å². The highest BCUT2D eigenvalue weighted by Gasteiger charge is 2.13. The smallest absolute Gasteiger partial charge is 0.223 e. The van der Waals surface area contributed by atoms with Crippen LogP contribution in [0.5, 0.6) is 0 Å². The van der Waals surface area contributed by atoms with E-state index < -0.39 is 0 Å². The fraction of sp³-hybridized carbons (Fsp3) is 0.875. The number of carbonyl (C=O) groups is 1. The Balaban J connectivity index is 3.82. The predicted molar refractivity (Wildman–Crippen MR) is 59.0 cm³/mol. The molecule has 0 spiro atoms. The first-order valence-electron chi connectivity index (χ1n) is 3.94. The second-order valence-corrected chi connectivity index (χ2v) is 4.45. The van der Waals surface area contributed by atoms with Gasteiger partial charge in [0.15, 0.2) is 0 Å². The lowest BCUT2D eigenvalue weighted by atomic mass is 10.3. The van der Waals surface area contributed by atoms with Crippen molar-refractivity contribution in [3.8, 4) is 0 Å². The van der Waals surface area contributed by atoms with Crippen molar-refractivity contribution in [2.24, 2.45) is 0 Å². The molecule has 0 fully saturated rings. The van der Waals surface area contributed by atoms with E-state index in [0.29, 0.717) is 12.5 Å². The van der Waals surface area contributed by atoms with Crippen molar-refractivity contribution in [3.63, 3.8) is 0 Å². The van der Waals surface area contributed by atoms with Gasteiger partial charge in [0.05, 0.1) is 0 Å². The Bertz CT molecular complexity index is 143. The van der Waals surface area contributed by atoms with Gasteiger partial charge in [-0.2, -0.15) is 11.8 Å². The van der Waals surface area contributed by atoms with Gasteiger partial charge in [-0.15, -0.1) is 0 Å². The van der Waals surface area contributed by atoms with Crippen LogP contribution in [-0.2, 0) is 4.79 Å². The molecule has 1 amide bonds. The first-order chi connectivity index (χ1) is 5.63. The monoisotopic (exact) mass is 253 g/mol. The summed E-state index contributed by atoms with van der Waals surface area (Å²) in [6.07, 6.45) is 2.65. The first kappa shape index (κ1) is 12.3. The number of hydrogen-bond acceptors (Lipinski definition) is 2. The van der Waals surface area contributed by atoms with Crippen molar-refractivity contribution in [2.45, 2.75) is 19.4 Å². The Morgan fingerprint density at radius 3 is 2.67 bits per heavy atom. The molecule has 0 radical (unpaired) electrons. The average molecular weight is 254 g/mol. The molecule has 0 saturated carbocycles.